The van der Waals surface area contributed by atoms with Crippen LogP contribution in [0, 0.1) is 23.2 Å². The molecular weight excluding hydrogens is 212 g/mol. The summed E-state index contributed by atoms with van der Waals surface area (Å²) in [5.41, 5.74) is 0. The van der Waals surface area contributed by atoms with Crippen LogP contribution in [-0.4, -0.2) is 12.5 Å². The van der Waals surface area contributed by atoms with Gasteiger partial charge in [-0.1, -0.05) is 26.2 Å². The van der Waals surface area contributed by atoms with Crippen molar-refractivity contribution in [3.63, 3.8) is 0 Å². The Morgan fingerprint density at radius 3 is 2.71 bits per heavy atom. The van der Waals surface area contributed by atoms with Crippen LogP contribution in [0.2, 0.25) is 0 Å². The molecule has 17 heavy (non-hydrogen) atoms. The van der Waals surface area contributed by atoms with Crippen LogP contribution in [-0.2, 0) is 4.79 Å². The molecule has 1 saturated carbocycles. The van der Waals surface area contributed by atoms with E-state index < -0.39 is 0 Å². The average molecular weight is 236 g/mol. The first-order chi connectivity index (χ1) is 8.27. The fourth-order valence-corrected chi connectivity index (χ4v) is 2.58. The van der Waals surface area contributed by atoms with Gasteiger partial charge in [-0.3, -0.25) is 4.79 Å². The Hall–Kier alpha value is -1.04. The molecule has 1 amide bonds. The lowest BCUT2D eigenvalue weighted by molar-refractivity contribution is -0.121. The third kappa shape index (κ3) is 5.21. The van der Waals surface area contributed by atoms with E-state index in [-0.39, 0.29) is 11.8 Å². The van der Waals surface area contributed by atoms with E-state index in [0.29, 0.717) is 12.3 Å². The highest BCUT2D eigenvalue weighted by Gasteiger charge is 2.23. The zero-order valence-electron chi connectivity index (χ0n) is 10.9. The number of nitrogens with zero attached hydrogens (tertiary/aromatic N) is 1. The summed E-state index contributed by atoms with van der Waals surface area (Å²) >= 11 is 0. The third-order valence-electron chi connectivity index (χ3n) is 3.64. The molecule has 0 heterocycles. The van der Waals surface area contributed by atoms with Crippen LogP contribution in [0.4, 0.5) is 0 Å². The molecule has 1 fully saturated rings. The number of carbonyl (C=O) groups is 1. The van der Waals surface area contributed by atoms with Gasteiger partial charge >= 0.3 is 0 Å². The standard InChI is InChI=1S/C14H24N2O/c1-2-10-16-14(17)9-8-13(11-15)12-6-4-3-5-7-12/h12-13H,2-10H2,1H3,(H,16,17). The molecule has 3 nitrogen and oxygen atoms in total. The van der Waals surface area contributed by atoms with Gasteiger partial charge in [0, 0.05) is 18.9 Å². The Bertz CT molecular complexity index is 264. The van der Waals surface area contributed by atoms with Gasteiger partial charge < -0.3 is 5.32 Å². The summed E-state index contributed by atoms with van der Waals surface area (Å²) in [6.07, 6.45) is 8.38. The molecule has 0 aromatic rings. The monoisotopic (exact) mass is 236 g/mol. The van der Waals surface area contributed by atoms with Crippen LogP contribution in [0.5, 0.6) is 0 Å². The minimum atomic E-state index is 0.0858. The van der Waals surface area contributed by atoms with E-state index in [1.54, 1.807) is 0 Å². The van der Waals surface area contributed by atoms with E-state index in [4.69, 9.17) is 0 Å². The van der Waals surface area contributed by atoms with Crippen LogP contribution >= 0.6 is 0 Å². The average Bonchev–Trinajstić information content (AvgIpc) is 2.38. The van der Waals surface area contributed by atoms with Crippen LogP contribution < -0.4 is 5.32 Å². The molecule has 0 aromatic heterocycles. The number of nitriles is 1. The quantitative estimate of drug-likeness (QED) is 0.770. The Labute approximate surface area is 105 Å². The van der Waals surface area contributed by atoms with Crippen molar-refractivity contribution in [3.05, 3.63) is 0 Å². The van der Waals surface area contributed by atoms with Gasteiger partial charge in [-0.2, -0.15) is 5.26 Å². The summed E-state index contributed by atoms with van der Waals surface area (Å²) in [6.45, 7) is 2.79. The van der Waals surface area contributed by atoms with Crippen molar-refractivity contribution >= 4 is 5.91 Å². The predicted molar refractivity (Wildman–Crippen MR) is 68.2 cm³/mol. The molecule has 1 atom stereocenters. The van der Waals surface area contributed by atoms with Gasteiger partial charge in [0.15, 0.2) is 0 Å². The van der Waals surface area contributed by atoms with Gasteiger partial charge in [0.25, 0.3) is 0 Å². The highest BCUT2D eigenvalue weighted by molar-refractivity contribution is 5.75. The lowest BCUT2D eigenvalue weighted by Crippen LogP contribution is -2.25. The molecule has 1 unspecified atom stereocenters. The molecule has 1 aliphatic rings. The van der Waals surface area contributed by atoms with Crippen LogP contribution in [0.3, 0.4) is 0 Å². The van der Waals surface area contributed by atoms with Gasteiger partial charge in [0.2, 0.25) is 5.91 Å². The molecule has 0 bridgehead atoms. The highest BCUT2D eigenvalue weighted by atomic mass is 16.1. The van der Waals surface area contributed by atoms with Crippen LogP contribution in [0.15, 0.2) is 0 Å². The molecule has 1 aliphatic carbocycles. The maximum Gasteiger partial charge on any atom is 0.220 e. The first kappa shape index (κ1) is 14.0. The third-order valence-corrected chi connectivity index (χ3v) is 3.64. The normalized spacial score (nSPS) is 18.4. The molecule has 0 aliphatic heterocycles. The van der Waals surface area contributed by atoms with Crippen molar-refractivity contribution in [3.8, 4) is 6.07 Å². The first-order valence-corrected chi connectivity index (χ1v) is 6.94. The molecule has 96 valence electrons. The summed E-state index contributed by atoms with van der Waals surface area (Å²) in [6, 6.07) is 2.40. The van der Waals surface area contributed by atoms with Crippen molar-refractivity contribution in [2.24, 2.45) is 11.8 Å². The van der Waals surface area contributed by atoms with Crippen LogP contribution in [0.25, 0.3) is 0 Å². The topological polar surface area (TPSA) is 52.9 Å². The Morgan fingerprint density at radius 2 is 2.12 bits per heavy atom. The first-order valence-electron chi connectivity index (χ1n) is 6.94. The second kappa shape index (κ2) is 8.11. The molecule has 1 rings (SSSR count). The minimum Gasteiger partial charge on any atom is -0.356 e. The fourth-order valence-electron chi connectivity index (χ4n) is 2.58. The summed E-state index contributed by atoms with van der Waals surface area (Å²) in [7, 11) is 0. The predicted octanol–water partition coefficient (Wildman–Crippen LogP) is 3.01. The zero-order chi connectivity index (χ0) is 12.5. The lowest BCUT2D eigenvalue weighted by Gasteiger charge is -2.25. The van der Waals surface area contributed by atoms with Crippen molar-refractivity contribution < 1.29 is 4.79 Å². The summed E-state index contributed by atoms with van der Waals surface area (Å²) in [4.78, 5) is 11.5. The molecule has 0 spiro atoms. The van der Waals surface area contributed by atoms with Crippen LogP contribution in [0.1, 0.15) is 58.3 Å². The van der Waals surface area contributed by atoms with E-state index >= 15 is 0 Å². The summed E-state index contributed by atoms with van der Waals surface area (Å²) in [5, 5.41) is 12.1. The van der Waals surface area contributed by atoms with Gasteiger partial charge in [-0.15, -0.1) is 0 Å². The number of carbonyl (C=O) groups excluding carboxylic acids is 1. The molecule has 0 radical (unpaired) electrons. The smallest absolute Gasteiger partial charge is 0.220 e. The number of nitrogens with one attached hydrogen (secondary N) is 1. The van der Waals surface area contributed by atoms with Gasteiger partial charge in [0.05, 0.1) is 6.07 Å². The second-order valence-electron chi connectivity index (χ2n) is 5.02. The summed E-state index contributed by atoms with van der Waals surface area (Å²) in [5.74, 6) is 0.721. The lowest BCUT2D eigenvalue weighted by atomic mass is 9.79. The molecule has 1 N–H and O–H groups in total. The maximum atomic E-state index is 11.5. The highest BCUT2D eigenvalue weighted by Crippen LogP contribution is 2.31. The van der Waals surface area contributed by atoms with E-state index in [1.165, 1.54) is 32.1 Å². The molecule has 0 saturated heterocycles. The van der Waals surface area contributed by atoms with Crippen molar-refractivity contribution in [1.82, 2.24) is 5.32 Å². The largest absolute Gasteiger partial charge is 0.356 e. The number of hydrogen-bond donors (Lipinski definition) is 1. The van der Waals surface area contributed by atoms with Gasteiger partial charge in [0.1, 0.15) is 0 Å². The van der Waals surface area contributed by atoms with Crippen molar-refractivity contribution in [1.29, 1.82) is 5.26 Å². The number of rotatable bonds is 6. The molecular formula is C14H24N2O. The Kier molecular flexibility index (Phi) is 6.69. The van der Waals surface area contributed by atoms with E-state index in [1.807, 2.05) is 6.92 Å². The van der Waals surface area contributed by atoms with E-state index in [9.17, 15) is 10.1 Å². The van der Waals surface area contributed by atoms with Gasteiger partial charge in [-0.05, 0) is 31.6 Å². The summed E-state index contributed by atoms with van der Waals surface area (Å²) < 4.78 is 0. The Morgan fingerprint density at radius 1 is 1.41 bits per heavy atom. The fraction of sp³-hybridized carbons (Fsp3) is 0.857. The Balaban J connectivity index is 2.26. The second-order valence-corrected chi connectivity index (χ2v) is 5.02. The number of amides is 1. The number of hydrogen-bond acceptors (Lipinski definition) is 2. The SMILES string of the molecule is CCCNC(=O)CCC(C#N)C1CCCCC1. The van der Waals surface area contributed by atoms with E-state index in [0.717, 1.165) is 19.4 Å². The zero-order valence-corrected chi connectivity index (χ0v) is 10.9. The minimum absolute atomic E-state index is 0.0858. The molecule has 0 aromatic carbocycles. The van der Waals surface area contributed by atoms with Gasteiger partial charge in [-0.25, -0.2) is 0 Å². The maximum absolute atomic E-state index is 11.5. The van der Waals surface area contributed by atoms with Crippen molar-refractivity contribution in [2.45, 2.75) is 58.3 Å². The molecule has 3 heteroatoms. The van der Waals surface area contributed by atoms with E-state index in [2.05, 4.69) is 11.4 Å². The van der Waals surface area contributed by atoms with Crippen molar-refractivity contribution in [2.75, 3.05) is 6.54 Å².